The van der Waals surface area contributed by atoms with Gasteiger partial charge < -0.3 is 20.3 Å². The van der Waals surface area contributed by atoms with Gasteiger partial charge in [0.15, 0.2) is 0 Å². The molecule has 0 bridgehead atoms. The Morgan fingerprint density at radius 1 is 0.903 bits per heavy atom. The lowest BCUT2D eigenvalue weighted by Crippen LogP contribution is -2.60. The maximum absolute atomic E-state index is 10.5. The molecule has 162 valence electrons. The molecule has 31 heavy (non-hydrogen) atoms. The molecule has 0 atom stereocenters. The number of aromatic hydroxyl groups is 2. The van der Waals surface area contributed by atoms with Crippen molar-refractivity contribution in [1.82, 2.24) is 20.5 Å². The summed E-state index contributed by atoms with van der Waals surface area (Å²) in [7, 11) is 0. The van der Waals surface area contributed by atoms with Crippen molar-refractivity contribution in [3.05, 3.63) is 48.7 Å². The van der Waals surface area contributed by atoms with Crippen molar-refractivity contribution in [1.29, 1.82) is 0 Å². The molecule has 1 fully saturated rings. The number of phenols is 1. The van der Waals surface area contributed by atoms with Gasteiger partial charge in [-0.2, -0.15) is 0 Å². The minimum absolute atomic E-state index is 0.0150. The van der Waals surface area contributed by atoms with Crippen LogP contribution in [0.4, 0.5) is 0 Å². The topological polar surface area (TPSA) is 100 Å². The second kappa shape index (κ2) is 7.81. The van der Waals surface area contributed by atoms with Crippen LogP contribution in [-0.4, -0.2) is 42.6 Å². The summed E-state index contributed by atoms with van der Waals surface area (Å²) in [5, 5.41) is 32.2. The normalized spacial score (nSPS) is 17.9. The molecular formula is C24H28N4O3. The first kappa shape index (κ1) is 21.1. The number of nitrogens with one attached hydrogen (secondary N) is 1. The van der Waals surface area contributed by atoms with Crippen molar-refractivity contribution in [2.75, 3.05) is 0 Å². The van der Waals surface area contributed by atoms with Gasteiger partial charge >= 0.3 is 0 Å². The Labute approximate surface area is 182 Å². The molecular weight excluding hydrogens is 392 g/mol. The predicted molar refractivity (Wildman–Crippen MR) is 119 cm³/mol. The standard InChI is InChI=1S/C24H28N4O3/c1-23(2)13-17(14-24(3,4)28-23)31-22-8-7-19(26-27-22)18-6-5-15(11-20(18)29)16-9-10-25-21(30)12-16/h5-12,17,28-29H,13-14H2,1-4H3,(H,25,30). The van der Waals surface area contributed by atoms with E-state index in [4.69, 9.17) is 4.74 Å². The summed E-state index contributed by atoms with van der Waals surface area (Å²) >= 11 is 0. The Morgan fingerprint density at radius 3 is 2.23 bits per heavy atom. The third-order valence-corrected chi connectivity index (χ3v) is 5.43. The number of aromatic nitrogens is 3. The fourth-order valence-electron chi connectivity index (χ4n) is 4.54. The number of hydrogen-bond acceptors (Lipinski definition) is 7. The lowest BCUT2D eigenvalue weighted by Gasteiger charge is -2.46. The van der Waals surface area contributed by atoms with Crippen LogP contribution in [0.15, 0.2) is 48.7 Å². The monoisotopic (exact) mass is 420 g/mol. The van der Waals surface area contributed by atoms with Crippen LogP contribution in [0.25, 0.3) is 22.4 Å². The average Bonchev–Trinajstić information content (AvgIpc) is 2.66. The number of rotatable bonds is 4. The van der Waals surface area contributed by atoms with Gasteiger partial charge in [-0.3, -0.25) is 0 Å². The molecule has 0 unspecified atom stereocenters. The van der Waals surface area contributed by atoms with Crippen LogP contribution >= 0.6 is 0 Å². The van der Waals surface area contributed by atoms with Gasteiger partial charge in [-0.15, -0.1) is 10.2 Å². The summed E-state index contributed by atoms with van der Waals surface area (Å²) in [5.41, 5.74) is 2.63. The van der Waals surface area contributed by atoms with Crippen LogP contribution in [0.2, 0.25) is 0 Å². The van der Waals surface area contributed by atoms with Crippen molar-refractivity contribution < 1.29 is 14.9 Å². The lowest BCUT2D eigenvalue weighted by molar-refractivity contribution is 0.0524. The van der Waals surface area contributed by atoms with E-state index < -0.39 is 0 Å². The molecule has 2 aromatic heterocycles. The number of benzene rings is 1. The molecule has 3 N–H and O–H groups in total. The third-order valence-electron chi connectivity index (χ3n) is 5.43. The average molecular weight is 421 g/mol. The minimum atomic E-state index is -0.0666. The number of piperidine rings is 1. The molecule has 7 heteroatoms. The van der Waals surface area contributed by atoms with E-state index in [0.29, 0.717) is 17.1 Å². The fourth-order valence-corrected chi connectivity index (χ4v) is 4.54. The molecule has 0 spiro atoms. The van der Waals surface area contributed by atoms with E-state index in [1.165, 1.54) is 6.20 Å². The number of nitrogens with zero attached hydrogens (tertiary/aromatic N) is 3. The Hall–Kier alpha value is -3.19. The quantitative estimate of drug-likeness (QED) is 0.578. The van der Waals surface area contributed by atoms with Crippen molar-refractivity contribution in [3.8, 4) is 39.9 Å². The van der Waals surface area contributed by atoms with E-state index in [-0.39, 0.29) is 28.8 Å². The van der Waals surface area contributed by atoms with Crippen LogP contribution in [0.1, 0.15) is 40.5 Å². The first-order valence-electron chi connectivity index (χ1n) is 10.4. The maximum Gasteiger partial charge on any atom is 0.233 e. The first-order valence-corrected chi connectivity index (χ1v) is 10.4. The zero-order valence-electron chi connectivity index (χ0n) is 18.3. The van der Waals surface area contributed by atoms with Gasteiger partial charge in [-0.05, 0) is 63.1 Å². The van der Waals surface area contributed by atoms with Gasteiger partial charge in [-0.1, -0.05) is 6.07 Å². The Morgan fingerprint density at radius 2 is 1.61 bits per heavy atom. The van der Waals surface area contributed by atoms with E-state index in [9.17, 15) is 10.2 Å². The van der Waals surface area contributed by atoms with Gasteiger partial charge in [0.25, 0.3) is 0 Å². The van der Waals surface area contributed by atoms with E-state index in [2.05, 4.69) is 48.2 Å². The van der Waals surface area contributed by atoms with Crippen molar-refractivity contribution in [2.24, 2.45) is 0 Å². The summed E-state index contributed by atoms with van der Waals surface area (Å²) in [6.45, 7) is 8.72. The van der Waals surface area contributed by atoms with Crippen LogP contribution < -0.4 is 10.1 Å². The molecule has 0 radical (unpaired) electrons. The van der Waals surface area contributed by atoms with Crippen LogP contribution in [0.3, 0.4) is 0 Å². The van der Waals surface area contributed by atoms with Gasteiger partial charge in [0.05, 0.1) is 5.69 Å². The summed E-state index contributed by atoms with van der Waals surface area (Å²) in [5.74, 6) is 0.493. The summed E-state index contributed by atoms with van der Waals surface area (Å²) in [6, 6.07) is 12.2. The molecule has 1 aromatic carbocycles. The van der Waals surface area contributed by atoms with Gasteiger partial charge in [-0.25, -0.2) is 4.98 Å². The second-order valence-electron chi connectivity index (χ2n) is 9.43. The molecule has 0 amide bonds. The zero-order chi connectivity index (χ0) is 22.2. The molecule has 3 heterocycles. The third kappa shape index (κ3) is 4.94. The Balaban J connectivity index is 1.51. The van der Waals surface area contributed by atoms with Crippen molar-refractivity contribution >= 4 is 0 Å². The highest BCUT2D eigenvalue weighted by Crippen LogP contribution is 2.34. The predicted octanol–water partition coefficient (Wildman–Crippen LogP) is 4.30. The zero-order valence-corrected chi connectivity index (χ0v) is 18.3. The summed E-state index contributed by atoms with van der Waals surface area (Å²) in [6.07, 6.45) is 3.33. The molecule has 1 aliphatic rings. The second-order valence-corrected chi connectivity index (χ2v) is 9.43. The van der Waals surface area contributed by atoms with Crippen molar-refractivity contribution in [2.45, 2.75) is 57.7 Å². The van der Waals surface area contributed by atoms with Crippen LogP contribution in [0, 0.1) is 0 Å². The van der Waals surface area contributed by atoms with Crippen LogP contribution in [0.5, 0.6) is 17.5 Å². The van der Waals surface area contributed by atoms with Gasteiger partial charge in [0.1, 0.15) is 11.9 Å². The van der Waals surface area contributed by atoms with E-state index >= 15 is 0 Å². The molecule has 3 aromatic rings. The Kier molecular flexibility index (Phi) is 5.31. The fraction of sp³-hybridized carbons (Fsp3) is 0.375. The van der Waals surface area contributed by atoms with Crippen LogP contribution in [-0.2, 0) is 0 Å². The highest BCUT2D eigenvalue weighted by atomic mass is 16.5. The SMILES string of the molecule is CC1(C)CC(Oc2ccc(-c3ccc(-c4ccnc(O)c4)cc3O)nn2)CC(C)(C)N1. The summed E-state index contributed by atoms with van der Waals surface area (Å²) < 4.78 is 6.13. The highest BCUT2D eigenvalue weighted by Gasteiger charge is 2.38. The molecule has 0 saturated carbocycles. The Bertz CT molecular complexity index is 1060. The van der Waals surface area contributed by atoms with E-state index in [0.717, 1.165) is 24.0 Å². The minimum Gasteiger partial charge on any atom is -0.507 e. The van der Waals surface area contributed by atoms with Gasteiger partial charge in [0.2, 0.25) is 11.8 Å². The molecule has 4 rings (SSSR count). The molecule has 1 saturated heterocycles. The largest absolute Gasteiger partial charge is 0.507 e. The number of phenolic OH excluding ortho intramolecular Hbond substituents is 1. The number of hydrogen-bond donors (Lipinski definition) is 3. The number of ether oxygens (including phenoxy) is 1. The lowest BCUT2D eigenvalue weighted by atomic mass is 9.81. The summed E-state index contributed by atoms with van der Waals surface area (Å²) in [4.78, 5) is 3.78. The van der Waals surface area contributed by atoms with E-state index in [1.807, 2.05) is 6.07 Å². The molecule has 1 aliphatic heterocycles. The number of pyridine rings is 1. The first-order chi connectivity index (χ1) is 14.6. The highest BCUT2D eigenvalue weighted by molar-refractivity contribution is 5.74. The molecule has 7 nitrogen and oxygen atoms in total. The van der Waals surface area contributed by atoms with Crippen molar-refractivity contribution in [3.63, 3.8) is 0 Å². The van der Waals surface area contributed by atoms with E-state index in [1.54, 1.807) is 36.4 Å². The molecule has 0 aliphatic carbocycles. The van der Waals surface area contributed by atoms with Gasteiger partial charge in [0, 0.05) is 47.8 Å². The smallest absolute Gasteiger partial charge is 0.233 e. The maximum atomic E-state index is 10.5.